The number of fused-ring (bicyclic) bond motifs is 1. The largest absolute Gasteiger partial charge is 0.508 e. The summed E-state index contributed by atoms with van der Waals surface area (Å²) in [5, 5.41) is 9.30. The molecule has 0 fully saturated rings. The van der Waals surface area contributed by atoms with Crippen LogP contribution in [0.5, 0.6) is 5.75 Å². The fourth-order valence-corrected chi connectivity index (χ4v) is 2.15. The fraction of sp³-hybridized carbons (Fsp3) is 0.417. The Bertz CT molecular complexity index is 344. The van der Waals surface area contributed by atoms with E-state index in [-0.39, 0.29) is 0 Å². The number of hydrogen-bond acceptors (Lipinski definition) is 2. The summed E-state index contributed by atoms with van der Waals surface area (Å²) in [6.45, 7) is 0. The molecule has 1 N–H and O–H groups in total. The van der Waals surface area contributed by atoms with Gasteiger partial charge in [0.15, 0.2) is 0 Å². The Morgan fingerprint density at radius 3 is 3.07 bits per heavy atom. The van der Waals surface area contributed by atoms with Gasteiger partial charge in [-0.15, -0.1) is 0 Å². The SMILES string of the molecule is O=CCC1CCc2cc(O)ccc2C1. The first-order valence-electron chi connectivity index (χ1n) is 5.04. The predicted molar refractivity (Wildman–Crippen MR) is 54.3 cm³/mol. The number of carbonyl (C=O) groups excluding carboxylic acids is 1. The van der Waals surface area contributed by atoms with Crippen molar-refractivity contribution in [1.82, 2.24) is 0 Å². The van der Waals surface area contributed by atoms with E-state index >= 15 is 0 Å². The van der Waals surface area contributed by atoms with Crippen molar-refractivity contribution in [2.24, 2.45) is 5.92 Å². The van der Waals surface area contributed by atoms with Crippen LogP contribution in [0.15, 0.2) is 18.2 Å². The summed E-state index contributed by atoms with van der Waals surface area (Å²) < 4.78 is 0. The highest BCUT2D eigenvalue weighted by atomic mass is 16.3. The summed E-state index contributed by atoms with van der Waals surface area (Å²) in [5.41, 5.74) is 2.54. The van der Waals surface area contributed by atoms with Crippen LogP contribution in [0.2, 0.25) is 0 Å². The molecule has 1 atom stereocenters. The van der Waals surface area contributed by atoms with Crippen LogP contribution < -0.4 is 0 Å². The Hall–Kier alpha value is -1.31. The molecule has 0 saturated carbocycles. The zero-order chi connectivity index (χ0) is 9.97. The molecule has 0 saturated heterocycles. The summed E-state index contributed by atoms with van der Waals surface area (Å²) in [7, 11) is 0. The van der Waals surface area contributed by atoms with Gasteiger partial charge in [-0.05, 0) is 48.4 Å². The number of carbonyl (C=O) groups is 1. The number of benzene rings is 1. The van der Waals surface area contributed by atoms with E-state index in [9.17, 15) is 9.90 Å². The van der Waals surface area contributed by atoms with E-state index in [1.165, 1.54) is 11.1 Å². The maximum absolute atomic E-state index is 10.4. The van der Waals surface area contributed by atoms with Crippen LogP contribution in [0, 0.1) is 5.92 Å². The lowest BCUT2D eigenvalue weighted by Crippen LogP contribution is -2.14. The smallest absolute Gasteiger partial charge is 0.120 e. The summed E-state index contributed by atoms with van der Waals surface area (Å²) in [4.78, 5) is 10.4. The number of aromatic hydroxyl groups is 1. The molecular formula is C12H14O2. The molecule has 1 aromatic rings. The number of aldehydes is 1. The summed E-state index contributed by atoms with van der Waals surface area (Å²) in [6, 6.07) is 5.54. The van der Waals surface area contributed by atoms with Crippen molar-refractivity contribution >= 4 is 6.29 Å². The topological polar surface area (TPSA) is 37.3 Å². The Morgan fingerprint density at radius 2 is 2.29 bits per heavy atom. The van der Waals surface area contributed by atoms with Crippen LogP contribution in [0.3, 0.4) is 0 Å². The van der Waals surface area contributed by atoms with E-state index in [2.05, 4.69) is 0 Å². The quantitative estimate of drug-likeness (QED) is 0.725. The first-order valence-corrected chi connectivity index (χ1v) is 5.04. The lowest BCUT2D eigenvalue weighted by Gasteiger charge is -2.22. The van der Waals surface area contributed by atoms with Gasteiger partial charge in [0.05, 0.1) is 0 Å². The molecule has 0 radical (unpaired) electrons. The minimum atomic E-state index is 0.345. The highest BCUT2D eigenvalue weighted by Crippen LogP contribution is 2.29. The second kappa shape index (κ2) is 3.82. The molecule has 2 nitrogen and oxygen atoms in total. The molecule has 0 heterocycles. The minimum Gasteiger partial charge on any atom is -0.508 e. The average molecular weight is 190 g/mol. The van der Waals surface area contributed by atoms with Gasteiger partial charge in [0.25, 0.3) is 0 Å². The van der Waals surface area contributed by atoms with Crippen LogP contribution in [-0.2, 0) is 17.6 Å². The molecule has 0 aliphatic heterocycles. The first-order chi connectivity index (χ1) is 6.79. The van der Waals surface area contributed by atoms with Crippen molar-refractivity contribution in [1.29, 1.82) is 0 Å². The van der Waals surface area contributed by atoms with Crippen molar-refractivity contribution < 1.29 is 9.90 Å². The van der Waals surface area contributed by atoms with Crippen molar-refractivity contribution in [2.45, 2.75) is 25.7 Å². The van der Waals surface area contributed by atoms with Gasteiger partial charge in [0, 0.05) is 6.42 Å². The minimum absolute atomic E-state index is 0.345. The number of phenols is 1. The van der Waals surface area contributed by atoms with Crippen LogP contribution >= 0.6 is 0 Å². The van der Waals surface area contributed by atoms with Crippen LogP contribution in [0.4, 0.5) is 0 Å². The Morgan fingerprint density at radius 1 is 1.43 bits per heavy atom. The highest BCUT2D eigenvalue weighted by Gasteiger charge is 2.18. The van der Waals surface area contributed by atoms with E-state index in [0.717, 1.165) is 25.5 Å². The Kier molecular flexibility index (Phi) is 2.53. The van der Waals surface area contributed by atoms with Crippen LogP contribution in [0.25, 0.3) is 0 Å². The molecule has 2 heteroatoms. The molecular weight excluding hydrogens is 176 g/mol. The molecule has 0 aromatic heterocycles. The van der Waals surface area contributed by atoms with Gasteiger partial charge >= 0.3 is 0 Å². The number of phenolic OH excluding ortho intramolecular Hbond substituents is 1. The van der Waals surface area contributed by atoms with E-state index in [4.69, 9.17) is 0 Å². The maximum Gasteiger partial charge on any atom is 0.120 e. The highest BCUT2D eigenvalue weighted by molar-refractivity contribution is 5.50. The molecule has 1 unspecified atom stereocenters. The van der Waals surface area contributed by atoms with Gasteiger partial charge < -0.3 is 9.90 Å². The van der Waals surface area contributed by atoms with Crippen LogP contribution in [0.1, 0.15) is 24.0 Å². The summed E-state index contributed by atoms with van der Waals surface area (Å²) in [6.07, 6.45) is 4.71. The lowest BCUT2D eigenvalue weighted by atomic mass is 9.82. The third-order valence-electron chi connectivity index (χ3n) is 2.95. The molecule has 2 rings (SSSR count). The molecule has 74 valence electrons. The van der Waals surface area contributed by atoms with E-state index in [1.54, 1.807) is 6.07 Å². The first kappa shape index (κ1) is 9.25. The average Bonchev–Trinajstić information content (AvgIpc) is 2.19. The van der Waals surface area contributed by atoms with Crippen molar-refractivity contribution in [2.75, 3.05) is 0 Å². The maximum atomic E-state index is 10.4. The van der Waals surface area contributed by atoms with E-state index in [1.807, 2.05) is 12.1 Å². The van der Waals surface area contributed by atoms with Gasteiger partial charge in [0.2, 0.25) is 0 Å². The van der Waals surface area contributed by atoms with Gasteiger partial charge in [-0.2, -0.15) is 0 Å². The summed E-state index contributed by atoms with van der Waals surface area (Å²) in [5.74, 6) is 0.849. The van der Waals surface area contributed by atoms with E-state index < -0.39 is 0 Å². The zero-order valence-corrected chi connectivity index (χ0v) is 8.07. The van der Waals surface area contributed by atoms with Gasteiger partial charge in [-0.25, -0.2) is 0 Å². The molecule has 0 spiro atoms. The van der Waals surface area contributed by atoms with Crippen molar-refractivity contribution in [3.63, 3.8) is 0 Å². The zero-order valence-electron chi connectivity index (χ0n) is 8.07. The fourth-order valence-electron chi connectivity index (χ4n) is 2.15. The molecule has 1 aromatic carbocycles. The molecule has 14 heavy (non-hydrogen) atoms. The normalized spacial score (nSPS) is 20.1. The van der Waals surface area contributed by atoms with Gasteiger partial charge in [-0.3, -0.25) is 0 Å². The number of hydrogen-bond donors (Lipinski definition) is 1. The van der Waals surface area contributed by atoms with Gasteiger partial charge in [-0.1, -0.05) is 6.07 Å². The summed E-state index contributed by atoms with van der Waals surface area (Å²) >= 11 is 0. The molecule has 0 amide bonds. The van der Waals surface area contributed by atoms with Gasteiger partial charge in [0.1, 0.15) is 12.0 Å². The third-order valence-corrected chi connectivity index (χ3v) is 2.95. The van der Waals surface area contributed by atoms with Crippen LogP contribution in [-0.4, -0.2) is 11.4 Å². The number of aryl methyl sites for hydroxylation is 1. The Labute approximate surface area is 83.6 Å². The second-order valence-corrected chi connectivity index (χ2v) is 3.96. The molecule has 1 aliphatic carbocycles. The molecule has 0 bridgehead atoms. The lowest BCUT2D eigenvalue weighted by molar-refractivity contribution is -0.108. The Balaban J connectivity index is 2.18. The predicted octanol–water partition coefficient (Wildman–Crippen LogP) is 2.09. The third kappa shape index (κ3) is 1.79. The number of rotatable bonds is 2. The van der Waals surface area contributed by atoms with Crippen molar-refractivity contribution in [3.05, 3.63) is 29.3 Å². The van der Waals surface area contributed by atoms with E-state index in [0.29, 0.717) is 18.1 Å². The standard InChI is InChI=1S/C12H14O2/c13-6-5-9-1-2-11-8-12(14)4-3-10(11)7-9/h3-4,6,8-9,14H,1-2,5,7H2. The van der Waals surface area contributed by atoms with Crippen molar-refractivity contribution in [3.8, 4) is 5.75 Å². The molecule has 1 aliphatic rings. The second-order valence-electron chi connectivity index (χ2n) is 3.96. The monoisotopic (exact) mass is 190 g/mol.